The Labute approximate surface area is 117 Å². The predicted octanol–water partition coefficient (Wildman–Crippen LogP) is 4.22. The molecule has 0 saturated carbocycles. The zero-order valence-corrected chi connectivity index (χ0v) is 11.9. The maximum Gasteiger partial charge on any atom is -0.00774 e. The molecule has 0 saturated heterocycles. The second-order valence-electron chi connectivity index (χ2n) is 4.61. The summed E-state index contributed by atoms with van der Waals surface area (Å²) in [5, 5.41) is 0. The monoisotopic (exact) mass is 255 g/mol. The van der Waals surface area contributed by atoms with Crippen molar-refractivity contribution in [1.29, 1.82) is 0 Å². The van der Waals surface area contributed by atoms with Gasteiger partial charge in [0.2, 0.25) is 0 Å². The van der Waals surface area contributed by atoms with Gasteiger partial charge in [-0.15, -0.1) is 0 Å². The summed E-state index contributed by atoms with van der Waals surface area (Å²) in [6.07, 6.45) is 4.65. The van der Waals surface area contributed by atoms with Crippen LogP contribution < -0.4 is 5.73 Å². The van der Waals surface area contributed by atoms with Gasteiger partial charge in [0.25, 0.3) is 0 Å². The second kappa shape index (κ2) is 10.3. The molecule has 0 aliphatic heterocycles. The molecule has 2 rings (SSSR count). The summed E-state index contributed by atoms with van der Waals surface area (Å²) in [5.74, 6) is 0. The zero-order valence-electron chi connectivity index (χ0n) is 11.9. The van der Waals surface area contributed by atoms with Crippen molar-refractivity contribution < 1.29 is 0 Å². The molecule has 0 aliphatic rings. The van der Waals surface area contributed by atoms with Crippen LogP contribution in [0.3, 0.4) is 0 Å². The van der Waals surface area contributed by atoms with Gasteiger partial charge in [-0.2, -0.15) is 0 Å². The summed E-state index contributed by atoms with van der Waals surface area (Å²) in [6.45, 7) is 2.98. The molecule has 0 aliphatic carbocycles. The Morgan fingerprint density at radius 2 is 1.16 bits per heavy atom. The molecule has 0 atom stereocenters. The molecule has 2 aromatic rings. The van der Waals surface area contributed by atoms with Crippen LogP contribution in [-0.2, 0) is 12.8 Å². The normalized spacial score (nSPS) is 9.58. The fourth-order valence-corrected chi connectivity index (χ4v) is 1.78. The molecule has 0 radical (unpaired) electrons. The third kappa shape index (κ3) is 7.43. The number of hydrogen-bond donors (Lipinski definition) is 1. The Morgan fingerprint density at radius 1 is 0.737 bits per heavy atom. The Balaban J connectivity index is 0.000000312. The Morgan fingerprint density at radius 3 is 1.42 bits per heavy atom. The molecule has 102 valence electrons. The fraction of sp³-hybridized carbons (Fsp3) is 0.333. The van der Waals surface area contributed by atoms with Gasteiger partial charge in [0.15, 0.2) is 0 Å². The molecule has 1 heteroatoms. The van der Waals surface area contributed by atoms with Crippen LogP contribution in [0.4, 0.5) is 0 Å². The minimum Gasteiger partial charge on any atom is -0.330 e. The first-order valence-corrected chi connectivity index (χ1v) is 7.14. The van der Waals surface area contributed by atoms with Gasteiger partial charge < -0.3 is 5.73 Å². The van der Waals surface area contributed by atoms with E-state index in [1.165, 1.54) is 24.0 Å². The number of unbranched alkanes of at least 4 members (excludes halogenated alkanes) is 1. The van der Waals surface area contributed by atoms with Crippen molar-refractivity contribution in [2.75, 3.05) is 6.54 Å². The van der Waals surface area contributed by atoms with Crippen molar-refractivity contribution in [3.05, 3.63) is 71.8 Å². The van der Waals surface area contributed by atoms with E-state index in [0.29, 0.717) is 0 Å². The average molecular weight is 255 g/mol. The quantitative estimate of drug-likeness (QED) is 0.850. The van der Waals surface area contributed by atoms with Crippen molar-refractivity contribution >= 4 is 0 Å². The highest BCUT2D eigenvalue weighted by Crippen LogP contribution is 2.06. The zero-order chi connectivity index (χ0) is 13.8. The van der Waals surface area contributed by atoms with Crippen molar-refractivity contribution in [2.24, 2.45) is 5.73 Å². The Bertz CT molecular complexity index is 367. The van der Waals surface area contributed by atoms with Crippen LogP contribution in [0.15, 0.2) is 60.7 Å². The molecule has 0 unspecified atom stereocenters. The summed E-state index contributed by atoms with van der Waals surface area (Å²) in [7, 11) is 0. The lowest BCUT2D eigenvalue weighted by Crippen LogP contribution is -1.95. The number of hydrogen-bond acceptors (Lipinski definition) is 1. The summed E-state index contributed by atoms with van der Waals surface area (Å²) in [4.78, 5) is 0. The van der Waals surface area contributed by atoms with Crippen LogP contribution in [0.5, 0.6) is 0 Å². The molecule has 1 nitrogen and oxygen atoms in total. The molecule has 0 amide bonds. The molecule has 0 heterocycles. The van der Waals surface area contributed by atoms with Crippen LogP contribution in [0.1, 0.15) is 30.9 Å². The topological polar surface area (TPSA) is 26.0 Å². The third-order valence-corrected chi connectivity index (χ3v) is 2.95. The largest absolute Gasteiger partial charge is 0.330 e. The van der Waals surface area contributed by atoms with Gasteiger partial charge in [0, 0.05) is 0 Å². The van der Waals surface area contributed by atoms with Gasteiger partial charge in [0.05, 0.1) is 0 Å². The average Bonchev–Trinajstić information content (AvgIpc) is 2.49. The van der Waals surface area contributed by atoms with Gasteiger partial charge in [-0.1, -0.05) is 74.0 Å². The standard InChI is InChI=1S/C14H14.C4H11N/c1-3-7-13(8-4-1)11-12-14-9-5-2-6-10-14;1-2-3-4-5/h1-10H,11-12H2;2-5H2,1H3. The molecule has 0 aromatic heterocycles. The first-order chi connectivity index (χ1) is 9.36. The van der Waals surface area contributed by atoms with E-state index in [-0.39, 0.29) is 0 Å². The minimum atomic E-state index is 0.844. The highest BCUT2D eigenvalue weighted by Gasteiger charge is 1.93. The van der Waals surface area contributed by atoms with Gasteiger partial charge >= 0.3 is 0 Å². The van der Waals surface area contributed by atoms with Crippen LogP contribution in [-0.4, -0.2) is 6.54 Å². The minimum absolute atomic E-state index is 0.844. The van der Waals surface area contributed by atoms with Crippen LogP contribution in [0.25, 0.3) is 0 Å². The van der Waals surface area contributed by atoms with E-state index in [1.54, 1.807) is 0 Å². The molecule has 0 spiro atoms. The predicted molar refractivity (Wildman–Crippen MR) is 84.3 cm³/mol. The number of nitrogens with two attached hydrogens (primary N) is 1. The van der Waals surface area contributed by atoms with E-state index >= 15 is 0 Å². The van der Waals surface area contributed by atoms with E-state index in [9.17, 15) is 0 Å². The second-order valence-corrected chi connectivity index (χ2v) is 4.61. The highest BCUT2D eigenvalue weighted by molar-refractivity contribution is 5.19. The van der Waals surface area contributed by atoms with E-state index in [1.807, 2.05) is 0 Å². The van der Waals surface area contributed by atoms with Crippen LogP contribution in [0, 0.1) is 0 Å². The van der Waals surface area contributed by atoms with E-state index in [2.05, 4.69) is 67.6 Å². The van der Waals surface area contributed by atoms with Gasteiger partial charge in [-0.25, -0.2) is 0 Å². The smallest absolute Gasteiger partial charge is 0.00774 e. The lowest BCUT2D eigenvalue weighted by molar-refractivity contribution is 0.807. The Kier molecular flexibility index (Phi) is 8.41. The van der Waals surface area contributed by atoms with E-state index in [0.717, 1.165) is 19.4 Å². The summed E-state index contributed by atoms with van der Waals surface area (Å²) in [6, 6.07) is 21.2. The van der Waals surface area contributed by atoms with Gasteiger partial charge in [-0.05, 0) is 36.9 Å². The molecule has 0 fully saturated rings. The van der Waals surface area contributed by atoms with Gasteiger partial charge in [0.1, 0.15) is 0 Å². The lowest BCUT2D eigenvalue weighted by Gasteiger charge is -2.01. The maximum atomic E-state index is 5.14. The maximum absolute atomic E-state index is 5.14. The highest BCUT2D eigenvalue weighted by atomic mass is 14.5. The number of aryl methyl sites for hydroxylation is 2. The fourth-order valence-electron chi connectivity index (χ4n) is 1.78. The van der Waals surface area contributed by atoms with Crippen LogP contribution in [0.2, 0.25) is 0 Å². The first-order valence-electron chi connectivity index (χ1n) is 7.14. The molecular weight excluding hydrogens is 230 g/mol. The SMILES string of the molecule is CCCCN.c1ccc(CCc2ccccc2)cc1. The molecule has 0 bridgehead atoms. The van der Waals surface area contributed by atoms with Gasteiger partial charge in [-0.3, -0.25) is 0 Å². The first kappa shape index (κ1) is 15.5. The van der Waals surface area contributed by atoms with Crippen molar-refractivity contribution in [3.8, 4) is 0 Å². The Hall–Kier alpha value is -1.60. The van der Waals surface area contributed by atoms with Crippen molar-refractivity contribution in [2.45, 2.75) is 32.6 Å². The number of rotatable bonds is 5. The molecule has 2 N–H and O–H groups in total. The third-order valence-electron chi connectivity index (χ3n) is 2.95. The summed E-state index contributed by atoms with van der Waals surface area (Å²) >= 11 is 0. The summed E-state index contributed by atoms with van der Waals surface area (Å²) < 4.78 is 0. The lowest BCUT2D eigenvalue weighted by atomic mass is 10.0. The van der Waals surface area contributed by atoms with E-state index < -0.39 is 0 Å². The van der Waals surface area contributed by atoms with Crippen molar-refractivity contribution in [1.82, 2.24) is 0 Å². The molecule has 2 aromatic carbocycles. The number of benzene rings is 2. The van der Waals surface area contributed by atoms with Crippen molar-refractivity contribution in [3.63, 3.8) is 0 Å². The van der Waals surface area contributed by atoms with E-state index in [4.69, 9.17) is 5.73 Å². The van der Waals surface area contributed by atoms with Crippen LogP contribution >= 0.6 is 0 Å². The molecular formula is C18H25N. The summed E-state index contributed by atoms with van der Waals surface area (Å²) in [5.41, 5.74) is 7.97. The molecule has 19 heavy (non-hydrogen) atoms.